The van der Waals surface area contributed by atoms with E-state index in [4.69, 9.17) is 0 Å². The van der Waals surface area contributed by atoms with Gasteiger partial charge < -0.3 is 10.0 Å². The van der Waals surface area contributed by atoms with Crippen LogP contribution in [0.15, 0.2) is 24.3 Å². The maximum Gasteiger partial charge on any atom is 0.233 e. The zero-order valence-corrected chi connectivity index (χ0v) is 13.2. The lowest BCUT2D eigenvalue weighted by atomic mass is 9.83. The number of aliphatic hydroxyl groups is 1. The molecule has 1 saturated heterocycles. The van der Waals surface area contributed by atoms with Gasteiger partial charge in [-0.1, -0.05) is 36.8 Å². The summed E-state index contributed by atoms with van der Waals surface area (Å²) in [6, 6.07) is 8.38. The fraction of sp³-hybridized carbons (Fsp3) is 0.611. The third kappa shape index (κ3) is 2.48. The van der Waals surface area contributed by atoms with E-state index in [-0.39, 0.29) is 17.2 Å². The fourth-order valence-corrected chi connectivity index (χ4v) is 3.34. The number of likely N-dealkylation sites (tertiary alicyclic amines) is 1. The number of hydrogen-bond acceptors (Lipinski definition) is 2. The first-order valence-corrected chi connectivity index (χ1v) is 7.94. The SMILES string of the molecule is Cc1ccc(C2(C(=O)N3CC[C@@](C)(O)[C@@H](C)C3)CC2)cc1. The van der Waals surface area contributed by atoms with E-state index in [1.807, 2.05) is 18.7 Å². The minimum Gasteiger partial charge on any atom is -0.390 e. The second-order valence-corrected chi connectivity index (χ2v) is 7.21. The number of benzene rings is 1. The van der Waals surface area contributed by atoms with Crippen LogP contribution in [0.4, 0.5) is 0 Å². The topological polar surface area (TPSA) is 40.5 Å². The molecule has 3 rings (SSSR count). The number of carbonyl (C=O) groups is 1. The second-order valence-electron chi connectivity index (χ2n) is 7.21. The minimum absolute atomic E-state index is 0.129. The largest absolute Gasteiger partial charge is 0.390 e. The number of carbonyl (C=O) groups excluding carboxylic acids is 1. The van der Waals surface area contributed by atoms with Crippen molar-refractivity contribution in [1.82, 2.24) is 4.90 Å². The van der Waals surface area contributed by atoms with E-state index in [9.17, 15) is 9.90 Å². The van der Waals surface area contributed by atoms with Crippen molar-refractivity contribution < 1.29 is 9.90 Å². The standard InChI is InChI=1S/C18H25NO2/c1-13-4-6-15(7-5-13)18(8-9-18)16(20)19-11-10-17(3,21)14(2)12-19/h4-7,14,21H,8-12H2,1-3H3/t14-,17+/m0/s1. The van der Waals surface area contributed by atoms with Crippen LogP contribution in [-0.2, 0) is 10.2 Å². The number of nitrogens with zero attached hydrogens (tertiary/aromatic N) is 1. The zero-order chi connectivity index (χ0) is 15.3. The summed E-state index contributed by atoms with van der Waals surface area (Å²) in [6.07, 6.45) is 2.58. The predicted molar refractivity (Wildman–Crippen MR) is 83.1 cm³/mol. The monoisotopic (exact) mass is 287 g/mol. The Morgan fingerprint density at radius 3 is 2.38 bits per heavy atom. The molecule has 0 unspecified atom stereocenters. The van der Waals surface area contributed by atoms with Crippen molar-refractivity contribution in [1.29, 1.82) is 0 Å². The highest BCUT2D eigenvalue weighted by atomic mass is 16.3. The molecule has 0 aromatic heterocycles. The molecule has 0 bridgehead atoms. The molecule has 3 heteroatoms. The quantitative estimate of drug-likeness (QED) is 0.908. The normalized spacial score (nSPS) is 31.0. The molecule has 21 heavy (non-hydrogen) atoms. The molecule has 0 spiro atoms. The molecular weight excluding hydrogens is 262 g/mol. The number of rotatable bonds is 2. The molecule has 1 amide bonds. The Labute approximate surface area is 127 Å². The molecule has 1 aromatic rings. The van der Waals surface area contributed by atoms with E-state index in [0.29, 0.717) is 19.5 Å². The van der Waals surface area contributed by atoms with E-state index in [1.165, 1.54) is 5.56 Å². The van der Waals surface area contributed by atoms with Crippen LogP contribution in [-0.4, -0.2) is 34.6 Å². The molecule has 114 valence electrons. The van der Waals surface area contributed by atoms with Crippen molar-refractivity contribution in [3.05, 3.63) is 35.4 Å². The Kier molecular flexibility index (Phi) is 3.36. The van der Waals surface area contributed by atoms with Crippen molar-refractivity contribution in [2.75, 3.05) is 13.1 Å². The van der Waals surface area contributed by atoms with Gasteiger partial charge in [-0.05, 0) is 38.7 Å². The lowest BCUT2D eigenvalue weighted by molar-refractivity contribution is -0.141. The third-order valence-electron chi connectivity index (χ3n) is 5.49. The third-order valence-corrected chi connectivity index (χ3v) is 5.49. The average molecular weight is 287 g/mol. The summed E-state index contributed by atoms with van der Waals surface area (Å²) >= 11 is 0. The molecule has 1 aromatic carbocycles. The Morgan fingerprint density at radius 2 is 1.86 bits per heavy atom. The van der Waals surface area contributed by atoms with Crippen molar-refractivity contribution in [3.63, 3.8) is 0 Å². The van der Waals surface area contributed by atoms with Crippen molar-refractivity contribution >= 4 is 5.91 Å². The van der Waals surface area contributed by atoms with Gasteiger partial charge in [0.15, 0.2) is 0 Å². The molecule has 3 nitrogen and oxygen atoms in total. The average Bonchev–Trinajstić information content (AvgIpc) is 3.23. The molecule has 1 aliphatic heterocycles. The van der Waals surface area contributed by atoms with Crippen LogP contribution in [0.2, 0.25) is 0 Å². The highest BCUT2D eigenvalue weighted by Gasteiger charge is 2.54. The lowest BCUT2D eigenvalue weighted by Gasteiger charge is -2.42. The molecular formula is C18H25NO2. The number of piperidine rings is 1. The summed E-state index contributed by atoms with van der Waals surface area (Å²) in [5.41, 5.74) is 1.46. The van der Waals surface area contributed by atoms with Crippen LogP contribution in [0.25, 0.3) is 0 Å². The summed E-state index contributed by atoms with van der Waals surface area (Å²) in [5.74, 6) is 0.387. The van der Waals surface area contributed by atoms with Crippen LogP contribution in [0.1, 0.15) is 44.2 Å². The van der Waals surface area contributed by atoms with Crippen LogP contribution < -0.4 is 0 Å². The van der Waals surface area contributed by atoms with Gasteiger partial charge in [0.2, 0.25) is 5.91 Å². The molecule has 2 aliphatic rings. The predicted octanol–water partition coefficient (Wildman–Crippen LogP) is 2.65. The van der Waals surface area contributed by atoms with Gasteiger partial charge in [0.25, 0.3) is 0 Å². The van der Waals surface area contributed by atoms with E-state index in [0.717, 1.165) is 18.4 Å². The first kappa shape index (κ1) is 14.6. The highest BCUT2D eigenvalue weighted by molar-refractivity contribution is 5.91. The Bertz CT molecular complexity index is 543. The van der Waals surface area contributed by atoms with Crippen molar-refractivity contribution in [3.8, 4) is 0 Å². The molecule has 2 atom stereocenters. The van der Waals surface area contributed by atoms with Gasteiger partial charge in [-0.3, -0.25) is 4.79 Å². The Balaban J connectivity index is 1.78. The van der Waals surface area contributed by atoms with E-state index in [1.54, 1.807) is 0 Å². The Hall–Kier alpha value is -1.35. The van der Waals surface area contributed by atoms with Gasteiger partial charge in [-0.25, -0.2) is 0 Å². The van der Waals surface area contributed by atoms with E-state index < -0.39 is 5.60 Å². The first-order chi connectivity index (χ1) is 9.85. The van der Waals surface area contributed by atoms with Gasteiger partial charge in [0, 0.05) is 19.0 Å². The van der Waals surface area contributed by atoms with Crippen molar-refractivity contribution in [2.24, 2.45) is 5.92 Å². The maximum atomic E-state index is 13.0. The maximum absolute atomic E-state index is 13.0. The van der Waals surface area contributed by atoms with Crippen LogP contribution in [0.5, 0.6) is 0 Å². The van der Waals surface area contributed by atoms with Gasteiger partial charge in [0.1, 0.15) is 0 Å². The molecule has 0 radical (unpaired) electrons. The van der Waals surface area contributed by atoms with Gasteiger partial charge >= 0.3 is 0 Å². The molecule has 1 N–H and O–H groups in total. The summed E-state index contributed by atoms with van der Waals surface area (Å²) < 4.78 is 0. The van der Waals surface area contributed by atoms with Crippen LogP contribution in [0.3, 0.4) is 0 Å². The molecule has 1 aliphatic carbocycles. The number of hydrogen-bond donors (Lipinski definition) is 1. The van der Waals surface area contributed by atoms with E-state index in [2.05, 4.69) is 31.2 Å². The number of aryl methyl sites for hydroxylation is 1. The number of amides is 1. The lowest BCUT2D eigenvalue weighted by Crippen LogP contribution is -2.53. The molecule has 1 heterocycles. The Morgan fingerprint density at radius 1 is 1.24 bits per heavy atom. The van der Waals surface area contributed by atoms with Gasteiger partial charge in [-0.2, -0.15) is 0 Å². The highest BCUT2D eigenvalue weighted by Crippen LogP contribution is 2.50. The summed E-state index contributed by atoms with van der Waals surface area (Å²) in [5, 5.41) is 10.3. The summed E-state index contributed by atoms with van der Waals surface area (Å²) in [4.78, 5) is 14.9. The van der Waals surface area contributed by atoms with Crippen molar-refractivity contribution in [2.45, 2.75) is 51.0 Å². The second kappa shape index (κ2) is 4.84. The summed E-state index contributed by atoms with van der Waals surface area (Å²) in [6.45, 7) is 7.32. The zero-order valence-electron chi connectivity index (χ0n) is 13.2. The molecule has 2 fully saturated rings. The van der Waals surface area contributed by atoms with Gasteiger partial charge in [-0.15, -0.1) is 0 Å². The minimum atomic E-state index is -0.642. The molecule has 1 saturated carbocycles. The van der Waals surface area contributed by atoms with Crippen LogP contribution in [0, 0.1) is 12.8 Å². The summed E-state index contributed by atoms with van der Waals surface area (Å²) in [7, 11) is 0. The van der Waals surface area contributed by atoms with E-state index >= 15 is 0 Å². The smallest absolute Gasteiger partial charge is 0.233 e. The first-order valence-electron chi connectivity index (χ1n) is 7.94. The fourth-order valence-electron chi connectivity index (χ4n) is 3.34. The van der Waals surface area contributed by atoms with Crippen LogP contribution >= 0.6 is 0 Å². The van der Waals surface area contributed by atoms with Gasteiger partial charge in [0.05, 0.1) is 11.0 Å².